The lowest BCUT2D eigenvalue weighted by Gasteiger charge is -1.99. The van der Waals surface area contributed by atoms with E-state index in [1.54, 1.807) is 25.4 Å². The van der Waals surface area contributed by atoms with Gasteiger partial charge in [-0.25, -0.2) is 14.8 Å². The molecule has 0 spiro atoms. The van der Waals surface area contributed by atoms with Crippen molar-refractivity contribution in [1.82, 2.24) is 9.97 Å². The number of carbonyl (C=O) groups excluding carboxylic acids is 1. The maximum atomic E-state index is 11.0. The predicted octanol–water partition coefficient (Wildman–Crippen LogP) is 1.45. The summed E-state index contributed by atoms with van der Waals surface area (Å²) in [6.45, 7) is 4.50. The average Bonchev–Trinajstić information content (AvgIpc) is 2.29. The third-order valence-corrected chi connectivity index (χ3v) is 1.62. The van der Waals surface area contributed by atoms with Crippen LogP contribution in [0.4, 0.5) is 0 Å². The molecule has 1 aromatic rings. The first-order valence-electron chi connectivity index (χ1n) is 5.06. The molecule has 5 heteroatoms. The molecule has 86 valence electrons. The molecule has 1 rings (SSSR count). The van der Waals surface area contributed by atoms with E-state index in [0.29, 0.717) is 19.2 Å². The summed E-state index contributed by atoms with van der Waals surface area (Å²) in [6, 6.07) is 0.329. The Labute approximate surface area is 94.1 Å². The van der Waals surface area contributed by atoms with Crippen LogP contribution >= 0.6 is 0 Å². The molecular weight excluding hydrogens is 208 g/mol. The number of hydrogen-bond acceptors (Lipinski definition) is 5. The molecule has 0 aromatic carbocycles. The molecule has 0 atom stereocenters. The van der Waals surface area contributed by atoms with Crippen LogP contribution in [0.1, 0.15) is 19.4 Å². The first kappa shape index (κ1) is 12.2. The second kappa shape index (κ2) is 6.55. The molecule has 0 saturated carbocycles. The summed E-state index contributed by atoms with van der Waals surface area (Å²) in [6.07, 6.45) is 6.08. The van der Waals surface area contributed by atoms with Crippen molar-refractivity contribution in [2.24, 2.45) is 0 Å². The zero-order valence-electron chi connectivity index (χ0n) is 9.34. The summed E-state index contributed by atoms with van der Waals surface area (Å²) in [5, 5.41) is 0. The summed E-state index contributed by atoms with van der Waals surface area (Å²) >= 11 is 0. The summed E-state index contributed by atoms with van der Waals surface area (Å²) < 4.78 is 9.82. The lowest BCUT2D eigenvalue weighted by Crippen LogP contribution is -1.99. The topological polar surface area (TPSA) is 61.3 Å². The van der Waals surface area contributed by atoms with Gasteiger partial charge in [0, 0.05) is 24.0 Å². The van der Waals surface area contributed by atoms with E-state index >= 15 is 0 Å². The van der Waals surface area contributed by atoms with Crippen molar-refractivity contribution >= 4 is 12.0 Å². The molecule has 0 bridgehead atoms. The Morgan fingerprint density at radius 1 is 1.31 bits per heavy atom. The highest BCUT2D eigenvalue weighted by Crippen LogP contribution is 2.04. The number of hydrogen-bond donors (Lipinski definition) is 0. The Morgan fingerprint density at radius 3 is 2.56 bits per heavy atom. The van der Waals surface area contributed by atoms with Gasteiger partial charge in [0.1, 0.15) is 0 Å². The van der Waals surface area contributed by atoms with Crippen LogP contribution in [-0.2, 0) is 9.53 Å². The molecule has 0 aliphatic carbocycles. The molecule has 0 saturated heterocycles. The average molecular weight is 222 g/mol. The third kappa shape index (κ3) is 4.08. The highest BCUT2D eigenvalue weighted by Gasteiger charge is 1.96. The third-order valence-electron chi connectivity index (χ3n) is 1.62. The minimum absolute atomic E-state index is 0.329. The zero-order valence-corrected chi connectivity index (χ0v) is 9.34. The highest BCUT2D eigenvalue weighted by molar-refractivity contribution is 5.86. The summed E-state index contributed by atoms with van der Waals surface area (Å²) in [4.78, 5) is 18.9. The Bertz CT molecular complexity index is 360. The molecule has 1 aromatic heterocycles. The molecule has 0 amide bonds. The van der Waals surface area contributed by atoms with Gasteiger partial charge in [-0.15, -0.1) is 0 Å². The van der Waals surface area contributed by atoms with Crippen LogP contribution < -0.4 is 4.74 Å². The second-order valence-electron chi connectivity index (χ2n) is 2.82. The van der Waals surface area contributed by atoms with Gasteiger partial charge in [-0.3, -0.25) is 0 Å². The van der Waals surface area contributed by atoms with Crippen LogP contribution in [0, 0.1) is 0 Å². The molecule has 0 unspecified atom stereocenters. The van der Waals surface area contributed by atoms with E-state index in [1.807, 2.05) is 6.92 Å². The number of esters is 1. The van der Waals surface area contributed by atoms with E-state index in [9.17, 15) is 4.79 Å². The lowest BCUT2D eigenvalue weighted by molar-refractivity contribution is -0.137. The standard InChI is InChI=1S/C11H14N2O3/c1-3-15-10(14)6-5-9-7-12-11(13-8-9)16-4-2/h5-8H,3-4H2,1-2H3. The largest absolute Gasteiger partial charge is 0.464 e. The number of nitrogens with zero attached hydrogens (tertiary/aromatic N) is 2. The predicted molar refractivity (Wildman–Crippen MR) is 58.9 cm³/mol. The van der Waals surface area contributed by atoms with Gasteiger partial charge in [0.15, 0.2) is 0 Å². The monoisotopic (exact) mass is 222 g/mol. The summed E-state index contributed by atoms with van der Waals surface area (Å²) in [7, 11) is 0. The minimum atomic E-state index is -0.378. The molecule has 1 heterocycles. The van der Waals surface area contributed by atoms with Gasteiger partial charge >= 0.3 is 12.0 Å². The molecule has 5 nitrogen and oxygen atoms in total. The van der Waals surface area contributed by atoms with Crippen molar-refractivity contribution in [3.63, 3.8) is 0 Å². The van der Waals surface area contributed by atoms with E-state index in [-0.39, 0.29) is 5.97 Å². The fourth-order valence-corrected chi connectivity index (χ4v) is 0.971. The Kier molecular flexibility index (Phi) is 4.98. The van der Waals surface area contributed by atoms with Gasteiger partial charge in [0.05, 0.1) is 13.2 Å². The van der Waals surface area contributed by atoms with E-state index in [2.05, 4.69) is 9.97 Å². The Morgan fingerprint density at radius 2 is 2.00 bits per heavy atom. The van der Waals surface area contributed by atoms with E-state index in [1.165, 1.54) is 6.08 Å². The first-order valence-corrected chi connectivity index (χ1v) is 5.06. The highest BCUT2D eigenvalue weighted by atomic mass is 16.5. The maximum Gasteiger partial charge on any atom is 0.330 e. The number of rotatable bonds is 5. The van der Waals surface area contributed by atoms with Crippen LogP contribution in [-0.4, -0.2) is 29.2 Å². The lowest BCUT2D eigenvalue weighted by atomic mass is 10.3. The SMILES string of the molecule is CCOC(=O)C=Cc1cnc(OCC)nc1. The van der Waals surface area contributed by atoms with E-state index in [0.717, 1.165) is 5.56 Å². The minimum Gasteiger partial charge on any atom is -0.464 e. The van der Waals surface area contributed by atoms with Crippen molar-refractivity contribution in [3.05, 3.63) is 24.0 Å². The normalized spacial score (nSPS) is 10.4. The van der Waals surface area contributed by atoms with E-state index < -0.39 is 0 Å². The molecule has 0 aliphatic rings. The molecule has 16 heavy (non-hydrogen) atoms. The quantitative estimate of drug-likeness (QED) is 0.557. The van der Waals surface area contributed by atoms with Gasteiger partial charge in [-0.1, -0.05) is 0 Å². The first-order chi connectivity index (χ1) is 7.76. The van der Waals surface area contributed by atoms with Crippen LogP contribution in [0.25, 0.3) is 6.08 Å². The van der Waals surface area contributed by atoms with Gasteiger partial charge < -0.3 is 9.47 Å². The summed E-state index contributed by atoms with van der Waals surface area (Å²) in [5.41, 5.74) is 0.719. The molecule has 0 radical (unpaired) electrons. The van der Waals surface area contributed by atoms with Crippen molar-refractivity contribution in [3.8, 4) is 6.01 Å². The molecule has 0 fully saturated rings. The van der Waals surface area contributed by atoms with Crippen LogP contribution in [0.3, 0.4) is 0 Å². The van der Waals surface area contributed by atoms with Crippen LogP contribution in [0.5, 0.6) is 6.01 Å². The fourth-order valence-electron chi connectivity index (χ4n) is 0.971. The van der Waals surface area contributed by atoms with Crippen molar-refractivity contribution in [2.45, 2.75) is 13.8 Å². The van der Waals surface area contributed by atoms with Crippen molar-refractivity contribution < 1.29 is 14.3 Å². The molecular formula is C11H14N2O3. The van der Waals surface area contributed by atoms with Crippen LogP contribution in [0.15, 0.2) is 18.5 Å². The van der Waals surface area contributed by atoms with Crippen molar-refractivity contribution in [2.75, 3.05) is 13.2 Å². The number of aromatic nitrogens is 2. The van der Waals surface area contributed by atoms with Crippen molar-refractivity contribution in [1.29, 1.82) is 0 Å². The fraction of sp³-hybridized carbons (Fsp3) is 0.364. The number of carbonyl (C=O) groups is 1. The van der Waals surface area contributed by atoms with Gasteiger partial charge in [-0.05, 0) is 19.9 Å². The molecule has 0 aliphatic heterocycles. The second-order valence-corrected chi connectivity index (χ2v) is 2.82. The smallest absolute Gasteiger partial charge is 0.330 e. The van der Waals surface area contributed by atoms with Crippen LogP contribution in [0.2, 0.25) is 0 Å². The van der Waals surface area contributed by atoms with Gasteiger partial charge in [0.2, 0.25) is 0 Å². The number of ether oxygens (including phenoxy) is 2. The summed E-state index contributed by atoms with van der Waals surface area (Å²) in [5.74, 6) is -0.378. The Balaban J connectivity index is 2.57. The van der Waals surface area contributed by atoms with Gasteiger partial charge in [-0.2, -0.15) is 0 Å². The van der Waals surface area contributed by atoms with Gasteiger partial charge in [0.25, 0.3) is 0 Å². The molecule has 0 N–H and O–H groups in total. The zero-order chi connectivity index (χ0) is 11.8. The Hall–Kier alpha value is -1.91. The maximum absolute atomic E-state index is 11.0. The van der Waals surface area contributed by atoms with E-state index in [4.69, 9.17) is 9.47 Å².